The lowest BCUT2D eigenvalue weighted by Crippen LogP contribution is -2.35. The second-order valence-electron chi connectivity index (χ2n) is 7.44. The Kier molecular flexibility index (Phi) is 6.44. The fraction of sp³-hybridized carbons (Fsp3) is 0.400. The Labute approximate surface area is 178 Å². The summed E-state index contributed by atoms with van der Waals surface area (Å²) in [6.07, 6.45) is -1.97. The largest absolute Gasteiger partial charge is 0.417 e. The van der Waals surface area contributed by atoms with Crippen molar-refractivity contribution in [3.63, 3.8) is 0 Å². The number of aryl methyl sites for hydroxylation is 1. The van der Waals surface area contributed by atoms with Crippen molar-refractivity contribution in [2.24, 2.45) is 0 Å². The van der Waals surface area contributed by atoms with E-state index in [0.29, 0.717) is 55.2 Å². The topological polar surface area (TPSA) is 82.6 Å². The fourth-order valence-corrected chi connectivity index (χ4v) is 3.96. The Balaban J connectivity index is 1.71. The van der Waals surface area contributed by atoms with Crippen molar-refractivity contribution in [3.8, 4) is 0 Å². The molecule has 0 spiro atoms. The van der Waals surface area contributed by atoms with Crippen molar-refractivity contribution in [2.75, 3.05) is 42.1 Å². The molecule has 1 aliphatic heterocycles. The molecular weight excluding hydrogens is 433 g/mol. The van der Waals surface area contributed by atoms with Crippen LogP contribution in [0.2, 0.25) is 0 Å². The molecule has 1 saturated heterocycles. The van der Waals surface area contributed by atoms with Gasteiger partial charge in [-0.3, -0.25) is 9.52 Å². The molecule has 7 nitrogen and oxygen atoms in total. The number of pyridine rings is 1. The summed E-state index contributed by atoms with van der Waals surface area (Å²) in [4.78, 5) is 20.4. The fourth-order valence-electron chi connectivity index (χ4n) is 3.34. The SMILES string of the molecule is Cc1ccc(C(=O)N2CCCN(c3ccc(C(F)(F)F)cn3)CC2)cc1NS(C)(=O)=O. The van der Waals surface area contributed by atoms with Crippen LogP contribution in [0.15, 0.2) is 36.5 Å². The van der Waals surface area contributed by atoms with Gasteiger partial charge in [-0.05, 0) is 43.2 Å². The molecule has 2 aromatic rings. The van der Waals surface area contributed by atoms with Gasteiger partial charge in [0, 0.05) is 37.9 Å². The monoisotopic (exact) mass is 456 g/mol. The number of alkyl halides is 3. The summed E-state index contributed by atoms with van der Waals surface area (Å²) in [5.74, 6) is 0.191. The molecule has 2 heterocycles. The maximum atomic E-state index is 13.0. The minimum absolute atomic E-state index is 0.237. The molecule has 168 valence electrons. The maximum Gasteiger partial charge on any atom is 0.417 e. The van der Waals surface area contributed by atoms with Crippen molar-refractivity contribution >= 4 is 27.4 Å². The molecule has 3 rings (SSSR count). The molecule has 1 aliphatic rings. The van der Waals surface area contributed by atoms with E-state index in [1.54, 1.807) is 24.0 Å². The van der Waals surface area contributed by atoms with Crippen molar-refractivity contribution in [3.05, 3.63) is 53.2 Å². The zero-order chi connectivity index (χ0) is 22.8. The van der Waals surface area contributed by atoms with Gasteiger partial charge in [-0.15, -0.1) is 0 Å². The van der Waals surface area contributed by atoms with E-state index in [-0.39, 0.29) is 5.91 Å². The standard InChI is InChI=1S/C20H23F3N4O3S/c1-14-4-5-15(12-17(14)25-31(2,29)30)19(28)27-9-3-8-26(10-11-27)18-7-6-16(13-24-18)20(21,22)23/h4-7,12-13,25H,3,8-11H2,1-2H3. The third-order valence-corrected chi connectivity index (χ3v) is 5.55. The molecule has 0 aliphatic carbocycles. The van der Waals surface area contributed by atoms with Crippen LogP contribution in [-0.2, 0) is 16.2 Å². The van der Waals surface area contributed by atoms with Crippen LogP contribution in [0.4, 0.5) is 24.7 Å². The number of carbonyl (C=O) groups is 1. The zero-order valence-electron chi connectivity index (χ0n) is 17.1. The minimum atomic E-state index is -4.44. The second kappa shape index (κ2) is 8.74. The summed E-state index contributed by atoms with van der Waals surface area (Å²) < 4.78 is 63.7. The first-order valence-electron chi connectivity index (χ1n) is 9.60. The van der Waals surface area contributed by atoms with Crippen LogP contribution in [0.5, 0.6) is 0 Å². The minimum Gasteiger partial charge on any atom is -0.355 e. The normalized spacial score (nSPS) is 15.5. The summed E-state index contributed by atoms with van der Waals surface area (Å²) in [7, 11) is -3.48. The summed E-state index contributed by atoms with van der Waals surface area (Å²) in [5, 5.41) is 0. The summed E-state index contributed by atoms with van der Waals surface area (Å²) >= 11 is 0. The van der Waals surface area contributed by atoms with Gasteiger partial charge in [-0.25, -0.2) is 13.4 Å². The predicted octanol–water partition coefficient (Wildman–Crippen LogP) is 3.13. The van der Waals surface area contributed by atoms with E-state index < -0.39 is 21.8 Å². The van der Waals surface area contributed by atoms with Gasteiger partial charge in [0.15, 0.2) is 0 Å². The number of rotatable bonds is 4. The molecule has 0 unspecified atom stereocenters. The zero-order valence-corrected chi connectivity index (χ0v) is 17.9. The number of halogens is 3. The molecule has 11 heteroatoms. The van der Waals surface area contributed by atoms with Crippen LogP contribution in [-0.4, -0.2) is 56.6 Å². The Morgan fingerprint density at radius 2 is 1.84 bits per heavy atom. The number of amides is 1. The Morgan fingerprint density at radius 3 is 2.45 bits per heavy atom. The molecule has 31 heavy (non-hydrogen) atoms. The van der Waals surface area contributed by atoms with Gasteiger partial charge in [-0.2, -0.15) is 13.2 Å². The summed E-state index contributed by atoms with van der Waals surface area (Å²) in [6, 6.07) is 7.17. The van der Waals surface area contributed by atoms with Gasteiger partial charge >= 0.3 is 6.18 Å². The number of sulfonamides is 1. The Hall–Kier alpha value is -2.82. The van der Waals surface area contributed by atoms with Crippen molar-refractivity contribution in [2.45, 2.75) is 19.5 Å². The lowest BCUT2D eigenvalue weighted by Gasteiger charge is -2.23. The van der Waals surface area contributed by atoms with E-state index in [4.69, 9.17) is 0 Å². The van der Waals surface area contributed by atoms with Crippen molar-refractivity contribution in [1.29, 1.82) is 0 Å². The Morgan fingerprint density at radius 1 is 1.10 bits per heavy atom. The van der Waals surface area contributed by atoms with E-state index in [1.165, 1.54) is 12.1 Å². The highest BCUT2D eigenvalue weighted by Crippen LogP contribution is 2.29. The summed E-state index contributed by atoms with van der Waals surface area (Å²) in [5.41, 5.74) is 0.592. The van der Waals surface area contributed by atoms with Crippen LogP contribution >= 0.6 is 0 Å². The molecule has 0 bridgehead atoms. The third-order valence-electron chi connectivity index (χ3n) is 4.96. The number of anilines is 2. The molecule has 0 atom stereocenters. The first kappa shape index (κ1) is 22.9. The predicted molar refractivity (Wildman–Crippen MR) is 112 cm³/mol. The quantitative estimate of drug-likeness (QED) is 0.765. The highest BCUT2D eigenvalue weighted by Gasteiger charge is 2.31. The average Bonchev–Trinajstić information content (AvgIpc) is 2.94. The average molecular weight is 456 g/mol. The number of carbonyl (C=O) groups excluding carboxylic acids is 1. The van der Waals surface area contributed by atoms with Gasteiger partial charge in [0.25, 0.3) is 5.91 Å². The van der Waals surface area contributed by atoms with Crippen molar-refractivity contribution in [1.82, 2.24) is 9.88 Å². The molecule has 1 aromatic heterocycles. The van der Waals surface area contributed by atoms with Gasteiger partial charge in [0.2, 0.25) is 10.0 Å². The number of aromatic nitrogens is 1. The van der Waals surface area contributed by atoms with Gasteiger partial charge in [0.1, 0.15) is 5.82 Å². The van der Waals surface area contributed by atoms with Crippen LogP contribution in [0, 0.1) is 6.92 Å². The summed E-state index contributed by atoms with van der Waals surface area (Å²) in [6.45, 7) is 3.55. The Bertz CT molecular complexity index is 1060. The van der Waals surface area contributed by atoms with Gasteiger partial charge in [-0.1, -0.05) is 6.07 Å². The number of hydrogen-bond donors (Lipinski definition) is 1. The van der Waals surface area contributed by atoms with Crippen LogP contribution < -0.4 is 9.62 Å². The van der Waals surface area contributed by atoms with Crippen LogP contribution in [0.1, 0.15) is 27.9 Å². The molecule has 0 saturated carbocycles. The van der Waals surface area contributed by atoms with E-state index in [1.807, 2.05) is 4.90 Å². The van der Waals surface area contributed by atoms with Gasteiger partial charge in [0.05, 0.1) is 17.5 Å². The smallest absolute Gasteiger partial charge is 0.355 e. The van der Waals surface area contributed by atoms with E-state index in [0.717, 1.165) is 18.5 Å². The maximum absolute atomic E-state index is 13.0. The first-order chi connectivity index (χ1) is 14.4. The lowest BCUT2D eigenvalue weighted by molar-refractivity contribution is -0.137. The van der Waals surface area contributed by atoms with Crippen LogP contribution in [0.25, 0.3) is 0 Å². The number of nitrogens with zero attached hydrogens (tertiary/aromatic N) is 3. The molecule has 0 radical (unpaired) electrons. The number of benzene rings is 1. The number of nitrogens with one attached hydrogen (secondary N) is 1. The molecule has 1 amide bonds. The van der Waals surface area contributed by atoms with Crippen molar-refractivity contribution < 1.29 is 26.4 Å². The van der Waals surface area contributed by atoms with Gasteiger partial charge < -0.3 is 9.80 Å². The second-order valence-corrected chi connectivity index (χ2v) is 9.19. The molecule has 1 fully saturated rings. The highest BCUT2D eigenvalue weighted by molar-refractivity contribution is 7.92. The van der Waals surface area contributed by atoms with E-state index in [2.05, 4.69) is 9.71 Å². The van der Waals surface area contributed by atoms with E-state index in [9.17, 15) is 26.4 Å². The highest BCUT2D eigenvalue weighted by atomic mass is 32.2. The number of hydrogen-bond acceptors (Lipinski definition) is 5. The first-order valence-corrected chi connectivity index (χ1v) is 11.5. The van der Waals surface area contributed by atoms with E-state index >= 15 is 0 Å². The lowest BCUT2D eigenvalue weighted by atomic mass is 10.1. The molecular formula is C20H23F3N4O3S. The third kappa shape index (κ3) is 5.87. The van der Waals surface area contributed by atoms with Crippen LogP contribution in [0.3, 0.4) is 0 Å². The molecule has 1 aromatic carbocycles. The molecule has 1 N–H and O–H groups in total.